The summed E-state index contributed by atoms with van der Waals surface area (Å²) in [6, 6.07) is 8.23. The Hall–Kier alpha value is -4.24. The molecule has 0 saturated carbocycles. The van der Waals surface area contributed by atoms with Gasteiger partial charge in [0, 0.05) is 18.6 Å². The molecule has 0 atom stereocenters. The molecule has 0 saturated heterocycles. The highest BCUT2D eigenvalue weighted by atomic mass is 19.4. The molecule has 0 spiro atoms. The van der Waals surface area contributed by atoms with Crippen molar-refractivity contribution in [2.75, 3.05) is 20.8 Å². The first-order valence-electron chi connectivity index (χ1n) is 10.1. The van der Waals surface area contributed by atoms with Gasteiger partial charge in [-0.25, -0.2) is 9.78 Å². The van der Waals surface area contributed by atoms with Crippen LogP contribution in [-0.2, 0) is 17.5 Å². The van der Waals surface area contributed by atoms with Crippen LogP contribution in [0.4, 0.5) is 13.2 Å². The number of esters is 1. The van der Waals surface area contributed by atoms with Crippen LogP contribution in [0, 0.1) is 5.41 Å². The number of hydrogen-bond acceptors (Lipinski definition) is 8. The van der Waals surface area contributed by atoms with Crippen molar-refractivity contribution in [1.29, 1.82) is 5.41 Å². The van der Waals surface area contributed by atoms with Gasteiger partial charge >= 0.3 is 12.1 Å². The van der Waals surface area contributed by atoms with Gasteiger partial charge in [0.05, 0.1) is 36.4 Å². The Kier molecular flexibility index (Phi) is 6.04. The fourth-order valence-electron chi connectivity index (χ4n) is 3.56. The standard InChI is InChI=1S/C23H20F3N5O3/c1-31-12-28-21-18(10-27)30-17(9-19(21)31)13-6-7-20(15(8-13)23(24,25)26)34-11-14-4-3-5-16(29-14)22(32)33-2/h3-9,27-28,30H,11-12H2,1-2H3. The van der Waals surface area contributed by atoms with Crippen molar-refractivity contribution in [3.8, 4) is 5.75 Å². The number of dihydropyridines is 1. The lowest BCUT2D eigenvalue weighted by Gasteiger charge is -2.22. The first-order chi connectivity index (χ1) is 16.2. The number of alkyl halides is 3. The summed E-state index contributed by atoms with van der Waals surface area (Å²) in [7, 11) is 3.04. The average molecular weight is 471 g/mol. The summed E-state index contributed by atoms with van der Waals surface area (Å²) in [4.78, 5) is 17.6. The van der Waals surface area contributed by atoms with E-state index in [0.29, 0.717) is 23.8 Å². The zero-order valence-electron chi connectivity index (χ0n) is 18.2. The Bertz CT molecular complexity index is 1260. The van der Waals surface area contributed by atoms with Crippen LogP contribution < -0.4 is 15.4 Å². The molecule has 0 bridgehead atoms. The maximum absolute atomic E-state index is 13.9. The van der Waals surface area contributed by atoms with Crippen LogP contribution in [0.5, 0.6) is 5.75 Å². The smallest absolute Gasteiger partial charge is 0.419 e. The van der Waals surface area contributed by atoms with Gasteiger partial charge in [-0.3, -0.25) is 5.41 Å². The van der Waals surface area contributed by atoms with E-state index >= 15 is 0 Å². The van der Waals surface area contributed by atoms with E-state index in [1.165, 1.54) is 31.4 Å². The molecule has 4 rings (SSSR count). The molecule has 8 nitrogen and oxygen atoms in total. The van der Waals surface area contributed by atoms with Gasteiger partial charge in [0.1, 0.15) is 23.7 Å². The molecule has 3 N–H and O–H groups in total. The van der Waals surface area contributed by atoms with Crippen molar-refractivity contribution >= 4 is 17.5 Å². The lowest BCUT2D eigenvalue weighted by molar-refractivity contribution is -0.139. The maximum atomic E-state index is 13.9. The molecule has 0 aliphatic carbocycles. The van der Waals surface area contributed by atoms with Gasteiger partial charge in [-0.1, -0.05) is 6.07 Å². The highest BCUT2D eigenvalue weighted by Crippen LogP contribution is 2.39. The zero-order chi connectivity index (χ0) is 24.5. The van der Waals surface area contributed by atoms with E-state index in [9.17, 15) is 18.0 Å². The third kappa shape index (κ3) is 4.46. The lowest BCUT2D eigenvalue weighted by Crippen LogP contribution is -2.23. The summed E-state index contributed by atoms with van der Waals surface area (Å²) in [5.41, 5.74) is 1.75. The van der Waals surface area contributed by atoms with E-state index in [1.807, 2.05) is 11.9 Å². The highest BCUT2D eigenvalue weighted by molar-refractivity contribution is 5.87. The maximum Gasteiger partial charge on any atom is 0.419 e. The number of allylic oxidation sites excluding steroid dienone is 1. The van der Waals surface area contributed by atoms with Crippen LogP contribution in [0.25, 0.3) is 5.70 Å². The molecule has 2 aliphatic heterocycles. The van der Waals surface area contributed by atoms with Crippen LogP contribution in [0.3, 0.4) is 0 Å². The number of nitrogens with zero attached hydrogens (tertiary/aromatic N) is 2. The van der Waals surface area contributed by atoms with Crippen molar-refractivity contribution in [1.82, 2.24) is 20.5 Å². The Morgan fingerprint density at radius 3 is 2.79 bits per heavy atom. The number of ether oxygens (including phenoxy) is 2. The minimum atomic E-state index is -4.68. The number of aromatic nitrogens is 1. The first-order valence-corrected chi connectivity index (χ1v) is 10.1. The Labute approximate surface area is 192 Å². The highest BCUT2D eigenvalue weighted by Gasteiger charge is 2.35. The van der Waals surface area contributed by atoms with Crippen LogP contribution in [0.2, 0.25) is 0 Å². The summed E-state index contributed by atoms with van der Waals surface area (Å²) in [5, 5.41) is 13.6. The van der Waals surface area contributed by atoms with Gasteiger partial charge in [-0.2, -0.15) is 13.2 Å². The molecule has 0 fully saturated rings. The number of likely N-dealkylation sites (N-methyl/N-ethyl adjacent to an activating group) is 1. The molecule has 176 valence electrons. The Morgan fingerprint density at radius 2 is 2.09 bits per heavy atom. The number of hydrogen-bond donors (Lipinski definition) is 3. The number of carbonyl (C=O) groups is 1. The Morgan fingerprint density at radius 1 is 1.29 bits per heavy atom. The summed E-state index contributed by atoms with van der Waals surface area (Å²) < 4.78 is 51.7. The van der Waals surface area contributed by atoms with Gasteiger partial charge < -0.3 is 25.0 Å². The second-order valence-electron chi connectivity index (χ2n) is 7.48. The number of nitrogens with one attached hydrogen (secondary N) is 3. The normalized spacial score (nSPS) is 15.1. The second kappa shape index (κ2) is 8.95. The monoisotopic (exact) mass is 471 g/mol. The SMILES string of the molecule is COC(=O)c1cccc(COc2ccc(C3=CC4=C(NCN4C)C(=C=N)N3)cc2C(F)(F)F)n1. The van der Waals surface area contributed by atoms with Crippen molar-refractivity contribution < 1.29 is 27.4 Å². The minimum absolute atomic E-state index is 0.0282. The molecule has 2 aliphatic rings. The molecule has 0 amide bonds. The van der Waals surface area contributed by atoms with Gasteiger partial charge in [-0.15, -0.1) is 0 Å². The van der Waals surface area contributed by atoms with Crippen LogP contribution in [0.15, 0.2) is 59.6 Å². The van der Waals surface area contributed by atoms with E-state index in [1.54, 1.807) is 12.1 Å². The number of halogens is 3. The fraction of sp³-hybridized carbons (Fsp3) is 0.217. The van der Waals surface area contributed by atoms with Gasteiger partial charge in [-0.05, 0) is 42.0 Å². The molecule has 2 aromatic rings. The van der Waals surface area contributed by atoms with E-state index in [0.717, 1.165) is 11.8 Å². The first kappa shape index (κ1) is 22.9. The molecule has 3 heterocycles. The predicted molar refractivity (Wildman–Crippen MR) is 116 cm³/mol. The third-order valence-corrected chi connectivity index (χ3v) is 5.25. The van der Waals surface area contributed by atoms with Crippen LogP contribution in [0.1, 0.15) is 27.3 Å². The van der Waals surface area contributed by atoms with Gasteiger partial charge in [0.25, 0.3) is 0 Å². The number of methoxy groups -OCH3 is 1. The topological polar surface area (TPSA) is 99.6 Å². The van der Waals surface area contributed by atoms with Crippen molar-refractivity contribution in [2.45, 2.75) is 12.8 Å². The van der Waals surface area contributed by atoms with E-state index in [4.69, 9.17) is 10.1 Å². The molecular formula is C23H20F3N5O3. The third-order valence-electron chi connectivity index (χ3n) is 5.25. The molecule has 0 radical (unpaired) electrons. The molecule has 0 unspecified atom stereocenters. The summed E-state index contributed by atoms with van der Waals surface area (Å²) in [5.74, 6) is 1.26. The summed E-state index contributed by atoms with van der Waals surface area (Å²) in [6.45, 7) is 0.231. The van der Waals surface area contributed by atoms with Crippen LogP contribution in [-0.4, -0.2) is 42.5 Å². The molecule has 1 aromatic carbocycles. The molecular weight excluding hydrogens is 451 g/mol. The van der Waals surface area contributed by atoms with Crippen molar-refractivity contribution in [2.24, 2.45) is 0 Å². The predicted octanol–water partition coefficient (Wildman–Crippen LogP) is 3.25. The number of pyridine rings is 1. The van der Waals surface area contributed by atoms with E-state index in [2.05, 4.69) is 26.2 Å². The van der Waals surface area contributed by atoms with Crippen molar-refractivity contribution in [3.63, 3.8) is 0 Å². The second-order valence-corrected chi connectivity index (χ2v) is 7.48. The number of carbonyl (C=O) groups excluding carboxylic acids is 1. The number of benzene rings is 1. The summed E-state index contributed by atoms with van der Waals surface area (Å²) >= 11 is 0. The van der Waals surface area contributed by atoms with Crippen LogP contribution >= 0.6 is 0 Å². The number of rotatable bonds is 5. The summed E-state index contributed by atoms with van der Waals surface area (Å²) in [6.07, 6.45) is -2.97. The minimum Gasteiger partial charge on any atom is -0.487 e. The largest absolute Gasteiger partial charge is 0.487 e. The quantitative estimate of drug-likeness (QED) is 0.455. The van der Waals surface area contributed by atoms with Gasteiger partial charge in [0.2, 0.25) is 0 Å². The van der Waals surface area contributed by atoms with Gasteiger partial charge in [0.15, 0.2) is 0 Å². The fourth-order valence-corrected chi connectivity index (χ4v) is 3.56. The van der Waals surface area contributed by atoms with E-state index in [-0.39, 0.29) is 29.3 Å². The molecule has 11 heteroatoms. The molecule has 34 heavy (non-hydrogen) atoms. The van der Waals surface area contributed by atoms with E-state index < -0.39 is 17.7 Å². The molecule has 1 aromatic heterocycles. The lowest BCUT2D eigenvalue weighted by atomic mass is 10.0. The Balaban J connectivity index is 1.64. The zero-order valence-corrected chi connectivity index (χ0v) is 18.2. The average Bonchev–Trinajstić information content (AvgIpc) is 3.21. The van der Waals surface area contributed by atoms with Crippen molar-refractivity contribution in [3.05, 3.63) is 82.1 Å².